The van der Waals surface area contributed by atoms with E-state index >= 15 is 0 Å². The van der Waals surface area contributed by atoms with Crippen molar-refractivity contribution in [3.63, 3.8) is 0 Å². The minimum atomic E-state index is -0.173. The number of nitrogens with zero attached hydrogens (tertiary/aromatic N) is 3. The normalized spacial score (nSPS) is 10.7. The third-order valence-electron chi connectivity index (χ3n) is 4.34. The summed E-state index contributed by atoms with van der Waals surface area (Å²) >= 11 is 6.48. The molecule has 0 bridgehead atoms. The van der Waals surface area contributed by atoms with Gasteiger partial charge in [-0.25, -0.2) is 4.68 Å². The number of aryl methyl sites for hydroxylation is 2. The van der Waals surface area contributed by atoms with Gasteiger partial charge in [0.25, 0.3) is 5.91 Å². The van der Waals surface area contributed by atoms with Crippen molar-refractivity contribution in [2.75, 3.05) is 20.2 Å². The summed E-state index contributed by atoms with van der Waals surface area (Å²) in [7, 11) is 1.74. The molecule has 0 spiro atoms. The summed E-state index contributed by atoms with van der Waals surface area (Å²) in [6.45, 7) is 4.62. The molecule has 1 heterocycles. The van der Waals surface area contributed by atoms with E-state index in [0.717, 1.165) is 17.0 Å². The lowest BCUT2D eigenvalue weighted by atomic mass is 10.2. The van der Waals surface area contributed by atoms with Crippen LogP contribution in [-0.4, -0.2) is 40.8 Å². The van der Waals surface area contributed by atoms with E-state index in [9.17, 15) is 4.79 Å². The van der Waals surface area contributed by atoms with E-state index in [1.165, 1.54) is 0 Å². The largest absolute Gasteiger partial charge is 0.491 e. The Morgan fingerprint density at radius 2 is 1.78 bits per heavy atom. The third-order valence-corrected chi connectivity index (χ3v) is 4.69. The van der Waals surface area contributed by atoms with Gasteiger partial charge in [-0.3, -0.25) is 4.79 Å². The zero-order valence-electron chi connectivity index (χ0n) is 15.6. The number of benzene rings is 2. The highest BCUT2D eigenvalue weighted by molar-refractivity contribution is 6.33. The molecule has 0 saturated heterocycles. The molecule has 0 radical (unpaired) electrons. The van der Waals surface area contributed by atoms with Gasteiger partial charge in [0, 0.05) is 7.05 Å². The van der Waals surface area contributed by atoms with Crippen molar-refractivity contribution in [3.05, 3.63) is 76.6 Å². The predicted molar refractivity (Wildman–Crippen MR) is 107 cm³/mol. The highest BCUT2D eigenvalue weighted by Crippen LogP contribution is 2.24. The Labute approximate surface area is 164 Å². The third kappa shape index (κ3) is 4.14. The van der Waals surface area contributed by atoms with Crippen LogP contribution in [0.25, 0.3) is 5.69 Å². The zero-order valence-corrected chi connectivity index (χ0v) is 16.4. The molecular formula is C21H22ClN3O2. The van der Waals surface area contributed by atoms with Crippen LogP contribution in [0.1, 0.15) is 21.6 Å². The molecule has 5 nitrogen and oxygen atoms in total. The number of likely N-dealkylation sites (N-methyl/N-ethyl adjacent to an activating group) is 1. The Hall–Kier alpha value is -2.79. The second kappa shape index (κ2) is 8.27. The summed E-state index contributed by atoms with van der Waals surface area (Å²) in [5.41, 5.74) is 2.89. The van der Waals surface area contributed by atoms with E-state index in [0.29, 0.717) is 29.6 Å². The van der Waals surface area contributed by atoms with Crippen LogP contribution in [0.2, 0.25) is 5.15 Å². The number of para-hydroxylation sites is 2. The molecule has 27 heavy (non-hydrogen) atoms. The van der Waals surface area contributed by atoms with Gasteiger partial charge in [0.05, 0.1) is 23.5 Å². The van der Waals surface area contributed by atoms with E-state index in [2.05, 4.69) is 5.10 Å². The second-order valence-corrected chi connectivity index (χ2v) is 6.70. The fourth-order valence-corrected chi connectivity index (χ4v) is 3.14. The first kappa shape index (κ1) is 19.0. The predicted octanol–water partition coefficient (Wildman–Crippen LogP) is 4.29. The maximum absolute atomic E-state index is 12.9. The van der Waals surface area contributed by atoms with Crippen LogP contribution in [0.5, 0.6) is 5.75 Å². The van der Waals surface area contributed by atoms with E-state index in [4.69, 9.17) is 16.3 Å². The molecule has 0 fully saturated rings. The average Bonchev–Trinajstić information content (AvgIpc) is 2.97. The van der Waals surface area contributed by atoms with Crippen molar-refractivity contribution in [2.24, 2.45) is 0 Å². The van der Waals surface area contributed by atoms with E-state index in [1.54, 1.807) is 23.6 Å². The van der Waals surface area contributed by atoms with Crippen LogP contribution in [-0.2, 0) is 0 Å². The van der Waals surface area contributed by atoms with E-state index in [-0.39, 0.29) is 5.91 Å². The van der Waals surface area contributed by atoms with Crippen molar-refractivity contribution in [1.29, 1.82) is 0 Å². The molecule has 6 heteroatoms. The van der Waals surface area contributed by atoms with Gasteiger partial charge in [0.1, 0.15) is 17.5 Å². The molecule has 0 saturated carbocycles. The smallest absolute Gasteiger partial charge is 0.258 e. The summed E-state index contributed by atoms with van der Waals surface area (Å²) in [6.07, 6.45) is 0. The lowest BCUT2D eigenvalue weighted by Gasteiger charge is -2.18. The number of amides is 1. The molecule has 0 aliphatic heterocycles. The monoisotopic (exact) mass is 383 g/mol. The fourth-order valence-electron chi connectivity index (χ4n) is 2.79. The number of carbonyl (C=O) groups excluding carboxylic acids is 1. The maximum Gasteiger partial charge on any atom is 0.258 e. The Balaban J connectivity index is 1.70. The van der Waals surface area contributed by atoms with E-state index < -0.39 is 0 Å². The van der Waals surface area contributed by atoms with Crippen LogP contribution in [0.4, 0.5) is 0 Å². The maximum atomic E-state index is 12.9. The lowest BCUT2D eigenvalue weighted by molar-refractivity contribution is 0.0773. The first-order valence-corrected chi connectivity index (χ1v) is 9.11. The van der Waals surface area contributed by atoms with Gasteiger partial charge in [-0.2, -0.15) is 5.10 Å². The molecule has 1 amide bonds. The van der Waals surface area contributed by atoms with Crippen LogP contribution in [0.15, 0.2) is 54.6 Å². The lowest BCUT2D eigenvalue weighted by Crippen LogP contribution is -2.31. The molecule has 0 aliphatic rings. The molecule has 3 rings (SSSR count). The van der Waals surface area contributed by atoms with Gasteiger partial charge in [-0.05, 0) is 37.6 Å². The summed E-state index contributed by atoms with van der Waals surface area (Å²) in [6, 6.07) is 17.3. The average molecular weight is 384 g/mol. The van der Waals surface area contributed by atoms with Crippen molar-refractivity contribution < 1.29 is 9.53 Å². The van der Waals surface area contributed by atoms with Crippen molar-refractivity contribution in [1.82, 2.24) is 14.7 Å². The number of rotatable bonds is 6. The summed E-state index contributed by atoms with van der Waals surface area (Å²) < 4.78 is 7.37. The second-order valence-electron chi connectivity index (χ2n) is 6.34. The number of hydrogen-bond acceptors (Lipinski definition) is 3. The molecule has 140 valence electrons. The standard InChI is InChI=1S/C21H22ClN3O2/c1-15-9-7-8-12-18(15)27-14-13-24(3)21(26)19-16(2)23-25(20(19)22)17-10-5-4-6-11-17/h4-12H,13-14H2,1-3H3. The molecular weight excluding hydrogens is 362 g/mol. The minimum absolute atomic E-state index is 0.173. The molecule has 2 aromatic carbocycles. The van der Waals surface area contributed by atoms with Gasteiger partial charge < -0.3 is 9.64 Å². The van der Waals surface area contributed by atoms with Crippen LogP contribution in [0, 0.1) is 13.8 Å². The van der Waals surface area contributed by atoms with Gasteiger partial charge in [-0.15, -0.1) is 0 Å². The summed E-state index contributed by atoms with van der Waals surface area (Å²) in [5, 5.41) is 4.74. The zero-order chi connectivity index (χ0) is 19.4. The molecule has 1 aromatic heterocycles. The Morgan fingerprint density at radius 3 is 2.48 bits per heavy atom. The highest BCUT2D eigenvalue weighted by Gasteiger charge is 2.23. The minimum Gasteiger partial charge on any atom is -0.491 e. The SMILES string of the molecule is Cc1ccccc1OCCN(C)C(=O)c1c(C)nn(-c2ccccc2)c1Cl. The summed E-state index contributed by atoms with van der Waals surface area (Å²) in [4.78, 5) is 14.5. The Bertz CT molecular complexity index is 938. The first-order chi connectivity index (χ1) is 13.0. The topological polar surface area (TPSA) is 47.4 Å². The molecule has 0 aliphatic carbocycles. The first-order valence-electron chi connectivity index (χ1n) is 8.73. The van der Waals surface area contributed by atoms with E-state index in [1.807, 2.05) is 61.5 Å². The Morgan fingerprint density at radius 1 is 1.11 bits per heavy atom. The molecule has 0 atom stereocenters. The number of hydrogen-bond donors (Lipinski definition) is 0. The van der Waals surface area contributed by atoms with Gasteiger partial charge in [-0.1, -0.05) is 48.0 Å². The molecule has 3 aromatic rings. The van der Waals surface area contributed by atoms with Gasteiger partial charge >= 0.3 is 0 Å². The van der Waals surface area contributed by atoms with Crippen molar-refractivity contribution in [3.8, 4) is 11.4 Å². The molecule has 0 unspecified atom stereocenters. The fraction of sp³-hybridized carbons (Fsp3) is 0.238. The van der Waals surface area contributed by atoms with Crippen LogP contribution in [0.3, 0.4) is 0 Å². The van der Waals surface area contributed by atoms with Crippen LogP contribution >= 0.6 is 11.6 Å². The number of ether oxygens (including phenoxy) is 1. The molecule has 0 N–H and O–H groups in total. The highest BCUT2D eigenvalue weighted by atomic mass is 35.5. The quantitative estimate of drug-likeness (QED) is 0.637. The van der Waals surface area contributed by atoms with Crippen molar-refractivity contribution in [2.45, 2.75) is 13.8 Å². The van der Waals surface area contributed by atoms with Gasteiger partial charge in [0.2, 0.25) is 0 Å². The number of carbonyl (C=O) groups is 1. The number of halogens is 1. The van der Waals surface area contributed by atoms with Gasteiger partial charge in [0.15, 0.2) is 0 Å². The summed E-state index contributed by atoms with van der Waals surface area (Å²) in [5.74, 6) is 0.650. The Kier molecular flexibility index (Phi) is 5.81. The van der Waals surface area contributed by atoms with Crippen LogP contribution < -0.4 is 4.74 Å². The number of aromatic nitrogens is 2. The van der Waals surface area contributed by atoms with Crippen molar-refractivity contribution >= 4 is 17.5 Å².